The average Bonchev–Trinajstić information content (AvgIpc) is 2.86. The third-order valence-electron chi connectivity index (χ3n) is 6.15. The number of benzene rings is 3. The summed E-state index contributed by atoms with van der Waals surface area (Å²) in [6.45, 7) is 4.59. The van der Waals surface area contributed by atoms with E-state index in [0.29, 0.717) is 49.9 Å². The summed E-state index contributed by atoms with van der Waals surface area (Å²) < 4.78 is 60.9. The molecule has 0 aliphatic carbocycles. The Hall–Kier alpha value is -2.36. The van der Waals surface area contributed by atoms with E-state index in [9.17, 15) is 17.2 Å². The van der Waals surface area contributed by atoms with Crippen molar-refractivity contribution < 1.29 is 21.9 Å². The van der Waals surface area contributed by atoms with Gasteiger partial charge in [-0.1, -0.05) is 54.1 Å². The minimum atomic E-state index is -3.61. The van der Waals surface area contributed by atoms with Crippen molar-refractivity contribution in [1.82, 2.24) is 9.21 Å². The van der Waals surface area contributed by atoms with E-state index in [4.69, 9.17) is 16.3 Å². The SMILES string of the molecule is Cc1ccc(S(=O)(=O)N2CCN(CCO[C@@H](c3ccccc3)c3ccc(F)c(F)c3)CC2)cc1Cl. The average molecular weight is 521 g/mol. The third-order valence-corrected chi connectivity index (χ3v) is 8.45. The molecule has 0 unspecified atom stereocenters. The van der Waals surface area contributed by atoms with Crippen molar-refractivity contribution in [2.45, 2.75) is 17.9 Å². The predicted molar refractivity (Wildman–Crippen MR) is 132 cm³/mol. The first kappa shape index (κ1) is 25.7. The highest BCUT2D eigenvalue weighted by Crippen LogP contribution is 2.28. The minimum absolute atomic E-state index is 0.196. The molecule has 4 rings (SSSR count). The van der Waals surface area contributed by atoms with Gasteiger partial charge in [-0.15, -0.1) is 0 Å². The summed E-state index contributed by atoms with van der Waals surface area (Å²) in [7, 11) is -3.61. The number of ether oxygens (including phenoxy) is 1. The zero-order valence-corrected chi connectivity index (χ0v) is 20.9. The second-order valence-electron chi connectivity index (χ2n) is 8.49. The molecular weight excluding hydrogens is 494 g/mol. The largest absolute Gasteiger partial charge is 0.367 e. The summed E-state index contributed by atoms with van der Waals surface area (Å²) >= 11 is 6.13. The molecule has 1 aliphatic heterocycles. The van der Waals surface area contributed by atoms with Crippen LogP contribution in [0, 0.1) is 18.6 Å². The van der Waals surface area contributed by atoms with E-state index in [1.807, 2.05) is 37.3 Å². The number of sulfonamides is 1. The molecule has 5 nitrogen and oxygen atoms in total. The van der Waals surface area contributed by atoms with Crippen molar-refractivity contribution in [2.24, 2.45) is 0 Å². The Bertz CT molecular complexity index is 1270. The molecular formula is C26H27ClF2N2O3S. The number of hydrogen-bond acceptors (Lipinski definition) is 4. The van der Waals surface area contributed by atoms with Gasteiger partial charge in [0.05, 0.1) is 11.5 Å². The van der Waals surface area contributed by atoms with Gasteiger partial charge >= 0.3 is 0 Å². The Morgan fingerprint density at radius 2 is 1.63 bits per heavy atom. The lowest BCUT2D eigenvalue weighted by molar-refractivity contribution is 0.0525. The topological polar surface area (TPSA) is 49.9 Å². The normalized spacial score (nSPS) is 16.3. The molecule has 1 heterocycles. The molecule has 1 atom stereocenters. The molecule has 3 aromatic carbocycles. The van der Waals surface area contributed by atoms with E-state index >= 15 is 0 Å². The lowest BCUT2D eigenvalue weighted by atomic mass is 10.0. The van der Waals surface area contributed by atoms with Crippen LogP contribution in [0.5, 0.6) is 0 Å². The van der Waals surface area contributed by atoms with Crippen molar-refractivity contribution in [3.63, 3.8) is 0 Å². The number of piperazine rings is 1. The van der Waals surface area contributed by atoms with Gasteiger partial charge in [-0.2, -0.15) is 4.31 Å². The summed E-state index contributed by atoms with van der Waals surface area (Å²) in [5, 5.41) is 0.427. The monoisotopic (exact) mass is 520 g/mol. The molecule has 9 heteroatoms. The van der Waals surface area contributed by atoms with Gasteiger partial charge < -0.3 is 4.74 Å². The molecule has 1 fully saturated rings. The van der Waals surface area contributed by atoms with E-state index in [1.165, 1.54) is 16.4 Å². The fourth-order valence-electron chi connectivity index (χ4n) is 4.06. The minimum Gasteiger partial charge on any atom is -0.367 e. The smallest absolute Gasteiger partial charge is 0.243 e. The Morgan fingerprint density at radius 1 is 0.914 bits per heavy atom. The van der Waals surface area contributed by atoms with Gasteiger partial charge in [0.1, 0.15) is 6.10 Å². The summed E-state index contributed by atoms with van der Waals surface area (Å²) in [4.78, 5) is 2.32. The van der Waals surface area contributed by atoms with Gasteiger partial charge in [0.25, 0.3) is 0 Å². The maximum Gasteiger partial charge on any atom is 0.243 e. The molecule has 0 N–H and O–H groups in total. The molecule has 1 saturated heterocycles. The molecule has 1 aliphatic rings. The quantitative estimate of drug-likeness (QED) is 0.417. The Balaban J connectivity index is 1.36. The van der Waals surface area contributed by atoms with Crippen molar-refractivity contribution in [2.75, 3.05) is 39.3 Å². The van der Waals surface area contributed by atoms with Gasteiger partial charge in [-0.3, -0.25) is 4.90 Å². The standard InChI is InChI=1S/C26H27ClF2N2O3S/c1-19-7-9-22(18-23(19)27)35(32,33)31-13-11-30(12-14-31)15-16-34-26(20-5-3-2-4-6-20)21-8-10-24(28)25(29)17-21/h2-10,17-18,26H,11-16H2,1H3/t26-/m0/s1. The Kier molecular flexibility index (Phi) is 8.19. The second-order valence-corrected chi connectivity index (χ2v) is 10.8. The maximum absolute atomic E-state index is 13.9. The first-order valence-electron chi connectivity index (χ1n) is 11.4. The molecule has 186 valence electrons. The summed E-state index contributed by atoms with van der Waals surface area (Å²) in [5.41, 5.74) is 2.20. The number of nitrogens with zero attached hydrogens (tertiary/aromatic N) is 2. The maximum atomic E-state index is 13.9. The first-order valence-corrected chi connectivity index (χ1v) is 13.2. The third kappa shape index (κ3) is 6.08. The van der Waals surface area contributed by atoms with Gasteiger partial charge in [-0.05, 0) is 47.9 Å². The predicted octanol–water partition coefficient (Wildman–Crippen LogP) is 5.04. The number of halogens is 3. The molecule has 0 radical (unpaired) electrons. The fraction of sp³-hybridized carbons (Fsp3) is 0.308. The highest BCUT2D eigenvalue weighted by Gasteiger charge is 2.29. The van der Waals surface area contributed by atoms with Crippen LogP contribution in [-0.4, -0.2) is 57.0 Å². The lowest BCUT2D eigenvalue weighted by Crippen LogP contribution is -2.49. The van der Waals surface area contributed by atoms with Crippen LogP contribution in [-0.2, 0) is 14.8 Å². The van der Waals surface area contributed by atoms with E-state index in [0.717, 1.165) is 23.3 Å². The van der Waals surface area contributed by atoms with Gasteiger partial charge in [0.2, 0.25) is 10.0 Å². The van der Waals surface area contributed by atoms with Crippen LogP contribution in [0.2, 0.25) is 5.02 Å². The van der Waals surface area contributed by atoms with E-state index in [-0.39, 0.29) is 4.90 Å². The van der Waals surface area contributed by atoms with Crippen molar-refractivity contribution >= 4 is 21.6 Å². The Labute approximate surface area is 209 Å². The van der Waals surface area contributed by atoms with Crippen molar-refractivity contribution in [3.05, 3.63) is 100 Å². The number of aryl methyl sites for hydroxylation is 1. The van der Waals surface area contributed by atoms with Crippen LogP contribution >= 0.6 is 11.6 Å². The van der Waals surface area contributed by atoms with Gasteiger partial charge in [-0.25, -0.2) is 17.2 Å². The lowest BCUT2D eigenvalue weighted by Gasteiger charge is -2.34. The fourth-order valence-corrected chi connectivity index (χ4v) is 5.76. The van der Waals surface area contributed by atoms with Crippen LogP contribution in [0.25, 0.3) is 0 Å². The zero-order chi connectivity index (χ0) is 25.0. The highest BCUT2D eigenvalue weighted by molar-refractivity contribution is 7.89. The molecule has 0 saturated carbocycles. The van der Waals surface area contributed by atoms with Gasteiger partial charge in [0.15, 0.2) is 11.6 Å². The Morgan fingerprint density at radius 3 is 2.29 bits per heavy atom. The number of hydrogen-bond donors (Lipinski definition) is 0. The summed E-state index contributed by atoms with van der Waals surface area (Å²) in [6, 6.07) is 17.9. The summed E-state index contributed by atoms with van der Waals surface area (Å²) in [6.07, 6.45) is -0.542. The molecule has 3 aromatic rings. The molecule has 0 aromatic heterocycles. The van der Waals surface area contributed by atoms with Crippen LogP contribution in [0.15, 0.2) is 71.6 Å². The molecule has 0 spiro atoms. The van der Waals surface area contributed by atoms with Crippen LogP contribution in [0.3, 0.4) is 0 Å². The van der Waals surface area contributed by atoms with E-state index in [2.05, 4.69) is 4.90 Å². The first-order chi connectivity index (χ1) is 16.8. The van der Waals surface area contributed by atoms with E-state index < -0.39 is 27.8 Å². The number of rotatable bonds is 8. The zero-order valence-electron chi connectivity index (χ0n) is 19.3. The van der Waals surface area contributed by atoms with Gasteiger partial charge in [0, 0.05) is 37.7 Å². The molecule has 0 bridgehead atoms. The van der Waals surface area contributed by atoms with Crippen LogP contribution in [0.4, 0.5) is 8.78 Å². The highest BCUT2D eigenvalue weighted by atomic mass is 35.5. The second kappa shape index (κ2) is 11.1. The molecule has 0 amide bonds. The van der Waals surface area contributed by atoms with Crippen LogP contribution < -0.4 is 0 Å². The molecule has 35 heavy (non-hydrogen) atoms. The summed E-state index contributed by atoms with van der Waals surface area (Å²) in [5.74, 6) is -1.82. The van der Waals surface area contributed by atoms with Crippen molar-refractivity contribution in [1.29, 1.82) is 0 Å². The van der Waals surface area contributed by atoms with Crippen LogP contribution in [0.1, 0.15) is 22.8 Å². The van der Waals surface area contributed by atoms with Crippen molar-refractivity contribution in [3.8, 4) is 0 Å². The van der Waals surface area contributed by atoms with E-state index in [1.54, 1.807) is 12.1 Å².